The smallest absolute Gasteiger partial charge is 0.228 e. The Morgan fingerprint density at radius 2 is 2.20 bits per heavy atom. The molecule has 0 spiro atoms. The minimum Gasteiger partial charge on any atom is -0.323 e. The molecule has 0 aliphatic carbocycles. The first-order valence-electron chi connectivity index (χ1n) is 7.95. The molecule has 1 atom stereocenters. The van der Waals surface area contributed by atoms with Crippen molar-refractivity contribution in [3.8, 4) is 0 Å². The summed E-state index contributed by atoms with van der Waals surface area (Å²) in [6.45, 7) is 0.482. The van der Waals surface area contributed by atoms with Crippen LogP contribution >= 0.6 is 0 Å². The predicted molar refractivity (Wildman–Crippen MR) is 91.9 cm³/mol. The summed E-state index contributed by atoms with van der Waals surface area (Å²) in [5, 5.41) is 6.97. The fraction of sp³-hybridized carbons (Fsp3) is 0.312. The fourth-order valence-electron chi connectivity index (χ4n) is 2.99. The second-order valence-electron chi connectivity index (χ2n) is 6.21. The highest BCUT2D eigenvalue weighted by Gasteiger charge is 2.33. The van der Waals surface area contributed by atoms with Crippen molar-refractivity contribution in [3.05, 3.63) is 48.7 Å². The number of hydrogen-bond donors (Lipinski definition) is 1. The second kappa shape index (κ2) is 5.99. The molecule has 3 aromatic heterocycles. The normalized spacial score (nSPS) is 19.3. The van der Waals surface area contributed by atoms with Gasteiger partial charge in [0, 0.05) is 18.6 Å². The van der Waals surface area contributed by atoms with E-state index in [9.17, 15) is 13.2 Å². The molecule has 0 saturated carbocycles. The van der Waals surface area contributed by atoms with Crippen LogP contribution in [0.25, 0.3) is 5.65 Å². The summed E-state index contributed by atoms with van der Waals surface area (Å²) in [5.74, 6) is -0.743. The van der Waals surface area contributed by atoms with Gasteiger partial charge in [0.05, 0.1) is 41.5 Å². The Labute approximate surface area is 144 Å². The Morgan fingerprint density at radius 3 is 2.96 bits per heavy atom. The van der Waals surface area contributed by atoms with E-state index in [-0.39, 0.29) is 17.4 Å². The van der Waals surface area contributed by atoms with Gasteiger partial charge in [-0.3, -0.25) is 9.48 Å². The van der Waals surface area contributed by atoms with Crippen molar-refractivity contribution in [2.24, 2.45) is 5.92 Å². The molecule has 130 valence electrons. The SMILES string of the molecule is O=C(Nc1cnn(Cc2cn3ccccc3n2)c1)[C@H]1CCS(=O)(=O)C1. The van der Waals surface area contributed by atoms with Crippen molar-refractivity contribution in [3.63, 3.8) is 0 Å². The van der Waals surface area contributed by atoms with E-state index >= 15 is 0 Å². The third kappa shape index (κ3) is 3.41. The van der Waals surface area contributed by atoms with Crippen LogP contribution in [0.4, 0.5) is 5.69 Å². The van der Waals surface area contributed by atoms with Gasteiger partial charge in [-0.25, -0.2) is 13.4 Å². The predicted octanol–water partition coefficient (Wildman–Crippen LogP) is 0.952. The van der Waals surface area contributed by atoms with Gasteiger partial charge in [-0.05, 0) is 18.6 Å². The van der Waals surface area contributed by atoms with E-state index in [1.165, 1.54) is 0 Å². The fourth-order valence-corrected chi connectivity index (χ4v) is 4.73. The molecule has 1 aliphatic rings. The standard InChI is InChI=1S/C16H17N5O3S/c22-16(12-4-6-25(23,24)11-12)19-13-7-17-21(9-13)10-14-8-20-5-2-1-3-15(20)18-14/h1-3,5,7-9,12H,4,6,10-11H2,(H,19,22)/t12-/m0/s1. The highest BCUT2D eigenvalue weighted by Crippen LogP contribution is 2.20. The number of hydrogen-bond acceptors (Lipinski definition) is 5. The van der Waals surface area contributed by atoms with Crippen molar-refractivity contribution in [2.75, 3.05) is 16.8 Å². The van der Waals surface area contributed by atoms with Crippen LogP contribution in [0.5, 0.6) is 0 Å². The molecule has 1 N–H and O–H groups in total. The third-order valence-electron chi connectivity index (χ3n) is 4.24. The van der Waals surface area contributed by atoms with Crippen molar-refractivity contribution < 1.29 is 13.2 Å². The van der Waals surface area contributed by atoms with Gasteiger partial charge >= 0.3 is 0 Å². The minimum atomic E-state index is -3.07. The molecule has 8 nitrogen and oxygen atoms in total. The van der Waals surface area contributed by atoms with E-state index in [0.29, 0.717) is 18.7 Å². The van der Waals surface area contributed by atoms with Crippen molar-refractivity contribution in [1.82, 2.24) is 19.2 Å². The largest absolute Gasteiger partial charge is 0.323 e. The molecule has 1 amide bonds. The lowest BCUT2D eigenvalue weighted by molar-refractivity contribution is -0.119. The minimum absolute atomic E-state index is 0.0752. The van der Waals surface area contributed by atoms with Gasteiger partial charge in [0.2, 0.25) is 5.91 Å². The number of carbonyl (C=O) groups is 1. The topological polar surface area (TPSA) is 98.4 Å². The lowest BCUT2D eigenvalue weighted by Crippen LogP contribution is -2.23. The van der Waals surface area contributed by atoms with E-state index in [4.69, 9.17) is 0 Å². The lowest BCUT2D eigenvalue weighted by Gasteiger charge is -2.06. The number of nitrogens with one attached hydrogen (secondary N) is 1. The second-order valence-corrected chi connectivity index (χ2v) is 8.44. The molecule has 1 saturated heterocycles. The molecule has 0 aromatic carbocycles. The summed E-state index contributed by atoms with van der Waals surface area (Å²) in [6.07, 6.45) is 7.50. The van der Waals surface area contributed by atoms with Crippen molar-refractivity contribution >= 4 is 27.1 Å². The van der Waals surface area contributed by atoms with E-state index in [1.807, 2.05) is 35.0 Å². The molecule has 1 aliphatic heterocycles. The van der Waals surface area contributed by atoms with E-state index < -0.39 is 15.8 Å². The molecule has 4 heterocycles. The average molecular weight is 359 g/mol. The Balaban J connectivity index is 1.42. The Kier molecular flexibility index (Phi) is 3.79. The van der Waals surface area contributed by atoms with E-state index in [0.717, 1.165) is 11.3 Å². The molecular weight excluding hydrogens is 342 g/mol. The van der Waals surface area contributed by atoms with Gasteiger partial charge in [0.15, 0.2) is 9.84 Å². The van der Waals surface area contributed by atoms with Gasteiger partial charge in [-0.2, -0.15) is 5.10 Å². The van der Waals surface area contributed by atoms with Crippen LogP contribution < -0.4 is 5.32 Å². The molecule has 3 aromatic rings. The molecule has 1 fully saturated rings. The number of nitrogens with zero attached hydrogens (tertiary/aromatic N) is 4. The van der Waals surface area contributed by atoms with Gasteiger partial charge in [-0.15, -0.1) is 0 Å². The van der Waals surface area contributed by atoms with Gasteiger partial charge in [0.1, 0.15) is 5.65 Å². The zero-order valence-corrected chi connectivity index (χ0v) is 14.2. The first-order valence-corrected chi connectivity index (χ1v) is 9.77. The summed E-state index contributed by atoms with van der Waals surface area (Å²) < 4.78 is 26.6. The summed E-state index contributed by atoms with van der Waals surface area (Å²) in [6, 6.07) is 5.79. The number of amides is 1. The Hall–Kier alpha value is -2.68. The monoisotopic (exact) mass is 359 g/mol. The zero-order chi connectivity index (χ0) is 17.4. The first-order chi connectivity index (χ1) is 12.0. The maximum Gasteiger partial charge on any atom is 0.228 e. The first kappa shape index (κ1) is 15.8. The Morgan fingerprint density at radius 1 is 1.32 bits per heavy atom. The van der Waals surface area contributed by atoms with Crippen LogP contribution in [-0.2, 0) is 21.2 Å². The molecular formula is C16H17N5O3S. The van der Waals surface area contributed by atoms with Crippen molar-refractivity contribution in [2.45, 2.75) is 13.0 Å². The highest BCUT2D eigenvalue weighted by molar-refractivity contribution is 7.91. The Bertz CT molecular complexity index is 1000. The van der Waals surface area contributed by atoms with Crippen LogP contribution in [0.2, 0.25) is 0 Å². The van der Waals surface area contributed by atoms with Crippen LogP contribution in [0.15, 0.2) is 43.0 Å². The van der Waals surface area contributed by atoms with Crippen LogP contribution in [0, 0.1) is 5.92 Å². The van der Waals surface area contributed by atoms with Crippen molar-refractivity contribution in [1.29, 1.82) is 0 Å². The number of aromatic nitrogens is 4. The summed E-state index contributed by atoms with van der Waals surface area (Å²) in [7, 11) is -3.07. The molecule has 9 heteroatoms. The average Bonchev–Trinajstić information content (AvgIpc) is 3.25. The number of rotatable bonds is 4. The number of pyridine rings is 1. The van der Waals surface area contributed by atoms with E-state index in [1.54, 1.807) is 17.1 Å². The zero-order valence-electron chi connectivity index (χ0n) is 13.4. The molecule has 0 radical (unpaired) electrons. The van der Waals surface area contributed by atoms with Crippen LogP contribution in [0.1, 0.15) is 12.1 Å². The quantitative estimate of drug-likeness (QED) is 0.748. The maximum atomic E-state index is 12.2. The summed E-state index contributed by atoms with van der Waals surface area (Å²) in [5.41, 5.74) is 2.27. The molecule has 0 bridgehead atoms. The maximum absolute atomic E-state index is 12.2. The van der Waals surface area contributed by atoms with Crippen LogP contribution in [-0.4, -0.2) is 45.0 Å². The number of fused-ring (bicyclic) bond motifs is 1. The number of anilines is 1. The van der Waals surface area contributed by atoms with Gasteiger partial charge < -0.3 is 9.72 Å². The summed E-state index contributed by atoms with van der Waals surface area (Å²) >= 11 is 0. The number of sulfone groups is 1. The highest BCUT2D eigenvalue weighted by atomic mass is 32.2. The summed E-state index contributed by atoms with van der Waals surface area (Å²) in [4.78, 5) is 16.7. The van der Waals surface area contributed by atoms with Gasteiger partial charge in [-0.1, -0.05) is 6.07 Å². The van der Waals surface area contributed by atoms with Crippen LogP contribution in [0.3, 0.4) is 0 Å². The number of carbonyl (C=O) groups excluding carboxylic acids is 1. The molecule has 4 rings (SSSR count). The lowest BCUT2D eigenvalue weighted by atomic mass is 10.1. The van der Waals surface area contributed by atoms with E-state index in [2.05, 4.69) is 15.4 Å². The van der Waals surface area contributed by atoms with Gasteiger partial charge in [0.25, 0.3) is 0 Å². The third-order valence-corrected chi connectivity index (χ3v) is 6.01. The molecule has 0 unspecified atom stereocenters. The number of imidazole rings is 1. The molecule has 25 heavy (non-hydrogen) atoms.